The molecule has 0 aromatic heterocycles. The molecule has 2 nitrogen and oxygen atoms in total. The van der Waals surface area contributed by atoms with Crippen molar-refractivity contribution in [1.29, 1.82) is 0 Å². The predicted molar refractivity (Wildman–Crippen MR) is 64.4 cm³/mol. The van der Waals surface area contributed by atoms with Crippen molar-refractivity contribution in [2.75, 3.05) is 13.1 Å². The molecule has 1 fully saturated rings. The molecule has 0 radical (unpaired) electrons. The summed E-state index contributed by atoms with van der Waals surface area (Å²) < 4.78 is 1.18. The first-order valence-corrected chi connectivity index (χ1v) is 5.82. The number of hydrogen-bond acceptors (Lipinski definition) is 1. The van der Waals surface area contributed by atoms with Gasteiger partial charge in [-0.2, -0.15) is 0 Å². The number of rotatable bonds is 1. The van der Waals surface area contributed by atoms with E-state index >= 15 is 0 Å². The maximum absolute atomic E-state index is 11.9. The van der Waals surface area contributed by atoms with E-state index in [2.05, 4.69) is 22.6 Å². The molecule has 1 aromatic carbocycles. The first-order chi connectivity index (χ1) is 6.68. The van der Waals surface area contributed by atoms with E-state index in [0.29, 0.717) is 0 Å². The zero-order valence-electron chi connectivity index (χ0n) is 8.09. The van der Waals surface area contributed by atoms with E-state index in [-0.39, 0.29) is 5.91 Å². The number of amides is 1. The smallest absolute Gasteiger partial charge is 0.254 e. The Kier molecular flexibility index (Phi) is 2.76. The van der Waals surface area contributed by atoms with Crippen molar-refractivity contribution in [2.24, 2.45) is 0 Å². The van der Waals surface area contributed by atoms with Crippen molar-refractivity contribution < 1.29 is 4.79 Å². The zero-order chi connectivity index (χ0) is 10.1. The van der Waals surface area contributed by atoms with Gasteiger partial charge in [-0.3, -0.25) is 4.79 Å². The van der Waals surface area contributed by atoms with Crippen LogP contribution in [0.3, 0.4) is 0 Å². The second-order valence-corrected chi connectivity index (χ2v) is 4.85. The summed E-state index contributed by atoms with van der Waals surface area (Å²) in [6.07, 6.45) is 1.15. The van der Waals surface area contributed by atoms with Crippen LogP contribution in [0.5, 0.6) is 0 Å². The monoisotopic (exact) mass is 301 g/mol. The molecule has 14 heavy (non-hydrogen) atoms. The second kappa shape index (κ2) is 3.88. The van der Waals surface area contributed by atoms with Crippen molar-refractivity contribution in [2.45, 2.75) is 13.3 Å². The van der Waals surface area contributed by atoms with Gasteiger partial charge in [0.15, 0.2) is 0 Å². The Morgan fingerprint density at radius 2 is 2.14 bits per heavy atom. The first kappa shape index (κ1) is 9.96. The number of halogens is 1. The van der Waals surface area contributed by atoms with Crippen LogP contribution in [0.25, 0.3) is 0 Å². The average Bonchev–Trinajstić information content (AvgIpc) is 2.00. The van der Waals surface area contributed by atoms with Gasteiger partial charge in [-0.1, -0.05) is 0 Å². The van der Waals surface area contributed by atoms with Gasteiger partial charge in [0, 0.05) is 22.2 Å². The van der Waals surface area contributed by atoms with Crippen LogP contribution < -0.4 is 0 Å². The average molecular weight is 301 g/mol. The summed E-state index contributed by atoms with van der Waals surface area (Å²) in [7, 11) is 0. The van der Waals surface area contributed by atoms with Gasteiger partial charge in [0.1, 0.15) is 0 Å². The highest BCUT2D eigenvalue weighted by molar-refractivity contribution is 14.1. The van der Waals surface area contributed by atoms with Crippen LogP contribution in [0.1, 0.15) is 22.3 Å². The maximum Gasteiger partial charge on any atom is 0.254 e. The minimum Gasteiger partial charge on any atom is -0.339 e. The van der Waals surface area contributed by atoms with Crippen molar-refractivity contribution in [3.8, 4) is 0 Å². The fraction of sp³-hybridized carbons (Fsp3) is 0.364. The summed E-state index contributed by atoms with van der Waals surface area (Å²) in [5.41, 5.74) is 1.93. The molecule has 1 aliphatic rings. The minimum absolute atomic E-state index is 0.185. The predicted octanol–water partition coefficient (Wildman–Crippen LogP) is 2.45. The lowest BCUT2D eigenvalue weighted by atomic mass is 10.1. The first-order valence-electron chi connectivity index (χ1n) is 4.74. The number of carbonyl (C=O) groups excluding carboxylic acids is 1. The molecule has 3 heteroatoms. The van der Waals surface area contributed by atoms with E-state index in [1.807, 2.05) is 30.0 Å². The van der Waals surface area contributed by atoms with Crippen LogP contribution in [0, 0.1) is 10.5 Å². The standard InChI is InChI=1S/C11H12INO/c1-8-7-9(12)3-4-10(8)11(14)13-5-2-6-13/h3-4,7H,2,5-6H2,1H3. The molecule has 1 heterocycles. The third-order valence-electron chi connectivity index (χ3n) is 2.56. The Labute approximate surface area is 97.4 Å². The summed E-state index contributed by atoms with van der Waals surface area (Å²) in [5.74, 6) is 0.185. The molecule has 1 aliphatic heterocycles. The van der Waals surface area contributed by atoms with E-state index in [4.69, 9.17) is 0 Å². The van der Waals surface area contributed by atoms with Crippen LogP contribution in [0.15, 0.2) is 18.2 Å². The van der Waals surface area contributed by atoms with E-state index < -0.39 is 0 Å². The summed E-state index contributed by atoms with van der Waals surface area (Å²) >= 11 is 2.26. The van der Waals surface area contributed by atoms with Gasteiger partial charge < -0.3 is 4.90 Å². The van der Waals surface area contributed by atoms with Crippen molar-refractivity contribution in [3.05, 3.63) is 32.9 Å². The Morgan fingerprint density at radius 3 is 2.64 bits per heavy atom. The molecule has 2 rings (SSSR count). The number of aryl methyl sites for hydroxylation is 1. The fourth-order valence-electron chi connectivity index (χ4n) is 1.56. The van der Waals surface area contributed by atoms with Gasteiger partial charge in [-0.25, -0.2) is 0 Å². The molecule has 0 aliphatic carbocycles. The molecule has 0 atom stereocenters. The van der Waals surface area contributed by atoms with Gasteiger partial charge >= 0.3 is 0 Å². The quantitative estimate of drug-likeness (QED) is 0.730. The third-order valence-corrected chi connectivity index (χ3v) is 3.23. The van der Waals surface area contributed by atoms with Gasteiger partial charge in [-0.05, 0) is 59.7 Å². The van der Waals surface area contributed by atoms with Crippen molar-refractivity contribution in [3.63, 3.8) is 0 Å². The highest BCUT2D eigenvalue weighted by Gasteiger charge is 2.22. The van der Waals surface area contributed by atoms with E-state index in [1.54, 1.807) is 0 Å². The maximum atomic E-state index is 11.9. The van der Waals surface area contributed by atoms with Crippen molar-refractivity contribution >= 4 is 28.5 Å². The van der Waals surface area contributed by atoms with Crippen molar-refractivity contribution in [1.82, 2.24) is 4.90 Å². The molecule has 0 N–H and O–H groups in total. The molecule has 1 saturated heterocycles. The third kappa shape index (κ3) is 1.78. The summed E-state index contributed by atoms with van der Waals surface area (Å²) in [6.45, 7) is 3.84. The lowest BCUT2D eigenvalue weighted by molar-refractivity contribution is 0.0651. The highest BCUT2D eigenvalue weighted by atomic mass is 127. The molecule has 1 aromatic rings. The molecular weight excluding hydrogens is 289 g/mol. The van der Waals surface area contributed by atoms with E-state index in [1.165, 1.54) is 3.57 Å². The molecule has 0 saturated carbocycles. The lowest BCUT2D eigenvalue weighted by Gasteiger charge is -2.31. The van der Waals surface area contributed by atoms with Gasteiger partial charge in [0.25, 0.3) is 5.91 Å². The van der Waals surface area contributed by atoms with E-state index in [0.717, 1.165) is 30.6 Å². The number of nitrogens with zero attached hydrogens (tertiary/aromatic N) is 1. The number of benzene rings is 1. The second-order valence-electron chi connectivity index (χ2n) is 3.60. The summed E-state index contributed by atoms with van der Waals surface area (Å²) in [4.78, 5) is 13.8. The lowest BCUT2D eigenvalue weighted by Crippen LogP contribution is -2.42. The minimum atomic E-state index is 0.185. The molecule has 74 valence electrons. The van der Waals surface area contributed by atoms with Gasteiger partial charge in [0.05, 0.1) is 0 Å². The Morgan fingerprint density at radius 1 is 1.43 bits per heavy atom. The Bertz CT molecular complexity index is 372. The van der Waals surface area contributed by atoms with Crippen LogP contribution in [0.2, 0.25) is 0 Å². The topological polar surface area (TPSA) is 20.3 Å². The Balaban J connectivity index is 2.26. The number of hydrogen-bond donors (Lipinski definition) is 0. The summed E-state index contributed by atoms with van der Waals surface area (Å²) in [6, 6.07) is 5.96. The normalized spacial score (nSPS) is 15.1. The molecule has 1 amide bonds. The SMILES string of the molecule is Cc1cc(I)ccc1C(=O)N1CCC1. The Hall–Kier alpha value is -0.580. The summed E-state index contributed by atoms with van der Waals surface area (Å²) in [5, 5.41) is 0. The van der Waals surface area contributed by atoms with Crippen LogP contribution in [-0.2, 0) is 0 Å². The van der Waals surface area contributed by atoms with Gasteiger partial charge in [0.2, 0.25) is 0 Å². The molecular formula is C11H12INO. The number of carbonyl (C=O) groups is 1. The van der Waals surface area contributed by atoms with E-state index in [9.17, 15) is 4.79 Å². The number of likely N-dealkylation sites (tertiary alicyclic amines) is 1. The van der Waals surface area contributed by atoms with Gasteiger partial charge in [-0.15, -0.1) is 0 Å². The molecule has 0 bridgehead atoms. The van der Waals surface area contributed by atoms with Crippen LogP contribution in [-0.4, -0.2) is 23.9 Å². The molecule has 0 spiro atoms. The largest absolute Gasteiger partial charge is 0.339 e. The van der Waals surface area contributed by atoms with Crippen LogP contribution in [0.4, 0.5) is 0 Å². The molecule has 0 unspecified atom stereocenters. The fourth-order valence-corrected chi connectivity index (χ4v) is 2.20. The highest BCUT2D eigenvalue weighted by Crippen LogP contribution is 2.17. The van der Waals surface area contributed by atoms with Crippen LogP contribution >= 0.6 is 22.6 Å². The zero-order valence-corrected chi connectivity index (χ0v) is 10.2.